The fraction of sp³-hybridized carbons (Fsp3) is 0.250. The number of benzene rings is 2. The molecule has 0 aliphatic rings. The van der Waals surface area contributed by atoms with Gasteiger partial charge in [-0.1, -0.05) is 0 Å². The number of methoxy groups -OCH3 is 2. The summed E-state index contributed by atoms with van der Waals surface area (Å²) >= 11 is 0. The van der Waals surface area contributed by atoms with Gasteiger partial charge in [-0.2, -0.15) is 0 Å². The highest BCUT2D eigenvalue weighted by Crippen LogP contribution is 2.37. The van der Waals surface area contributed by atoms with Crippen molar-refractivity contribution in [3.8, 4) is 22.6 Å². The van der Waals surface area contributed by atoms with Gasteiger partial charge in [0, 0.05) is 11.6 Å². The summed E-state index contributed by atoms with van der Waals surface area (Å²) in [7, 11) is 3.05. The van der Waals surface area contributed by atoms with E-state index in [0.717, 1.165) is 11.6 Å². The normalized spacial score (nSPS) is 10.5. The van der Waals surface area contributed by atoms with Crippen molar-refractivity contribution in [2.45, 2.75) is 6.42 Å². The molecule has 0 radical (unpaired) electrons. The summed E-state index contributed by atoms with van der Waals surface area (Å²) in [6.45, 7) is 0.425. The van der Waals surface area contributed by atoms with Crippen LogP contribution in [0.25, 0.3) is 11.1 Å². The zero-order chi connectivity index (χ0) is 15.4. The van der Waals surface area contributed by atoms with Gasteiger partial charge in [0.2, 0.25) is 0 Å². The molecule has 0 amide bonds. The molecule has 2 aromatic carbocycles. The molecule has 2 rings (SSSR count). The van der Waals surface area contributed by atoms with Crippen molar-refractivity contribution in [2.24, 2.45) is 5.73 Å². The van der Waals surface area contributed by atoms with Gasteiger partial charge in [-0.15, -0.1) is 0 Å². The average Bonchev–Trinajstić information content (AvgIpc) is 2.46. The van der Waals surface area contributed by atoms with E-state index in [0.29, 0.717) is 35.6 Å². The van der Waals surface area contributed by atoms with Crippen LogP contribution in [0.3, 0.4) is 0 Å². The van der Waals surface area contributed by atoms with E-state index in [4.69, 9.17) is 15.2 Å². The smallest absolute Gasteiger partial charge is 0.163 e. The molecule has 21 heavy (non-hydrogen) atoms. The van der Waals surface area contributed by atoms with Crippen LogP contribution in [-0.4, -0.2) is 20.8 Å². The Bertz CT molecular complexity index is 644. The first-order valence-corrected chi connectivity index (χ1v) is 6.51. The second-order valence-corrected chi connectivity index (χ2v) is 4.53. The van der Waals surface area contributed by atoms with Crippen LogP contribution in [0.2, 0.25) is 0 Å². The van der Waals surface area contributed by atoms with Gasteiger partial charge in [0.15, 0.2) is 11.5 Å². The maximum absolute atomic E-state index is 13.9. The first-order valence-electron chi connectivity index (χ1n) is 6.51. The lowest BCUT2D eigenvalue weighted by Gasteiger charge is -2.15. The largest absolute Gasteiger partial charge is 0.493 e. The van der Waals surface area contributed by atoms with Crippen LogP contribution in [0.1, 0.15) is 5.56 Å². The second kappa shape index (κ2) is 6.54. The molecule has 0 aliphatic carbocycles. The molecule has 3 nitrogen and oxygen atoms in total. The van der Waals surface area contributed by atoms with Crippen LogP contribution in [0.4, 0.5) is 8.78 Å². The summed E-state index contributed by atoms with van der Waals surface area (Å²) in [5, 5.41) is 0. The van der Waals surface area contributed by atoms with Crippen molar-refractivity contribution < 1.29 is 18.3 Å². The van der Waals surface area contributed by atoms with Crippen molar-refractivity contribution >= 4 is 0 Å². The van der Waals surface area contributed by atoms with E-state index in [-0.39, 0.29) is 0 Å². The Morgan fingerprint density at radius 3 is 2.38 bits per heavy atom. The number of halogens is 2. The number of hydrogen-bond acceptors (Lipinski definition) is 3. The Hall–Kier alpha value is -2.14. The molecule has 0 atom stereocenters. The molecule has 5 heteroatoms. The maximum Gasteiger partial charge on any atom is 0.163 e. The monoisotopic (exact) mass is 293 g/mol. The molecular formula is C16H17F2NO2. The average molecular weight is 293 g/mol. The Morgan fingerprint density at radius 2 is 1.81 bits per heavy atom. The highest BCUT2D eigenvalue weighted by atomic mass is 19.1. The van der Waals surface area contributed by atoms with E-state index in [9.17, 15) is 8.78 Å². The van der Waals surface area contributed by atoms with Gasteiger partial charge in [0.25, 0.3) is 0 Å². The zero-order valence-electron chi connectivity index (χ0n) is 12.0. The molecule has 0 spiro atoms. The lowest BCUT2D eigenvalue weighted by molar-refractivity contribution is 0.352. The van der Waals surface area contributed by atoms with E-state index in [1.165, 1.54) is 26.4 Å². The summed E-state index contributed by atoms with van der Waals surface area (Å²) in [5.74, 6) is -0.170. The SMILES string of the molecule is COc1cc(-c2ccc(F)cc2F)cc(CCN)c1OC. The predicted octanol–water partition coefficient (Wildman–Crippen LogP) is 3.15. The molecule has 0 bridgehead atoms. The van der Waals surface area contributed by atoms with Gasteiger partial charge in [-0.25, -0.2) is 8.78 Å². The summed E-state index contributed by atoms with van der Waals surface area (Å²) in [6, 6.07) is 6.92. The highest BCUT2D eigenvalue weighted by Gasteiger charge is 2.15. The topological polar surface area (TPSA) is 44.5 Å². The molecule has 0 unspecified atom stereocenters. The molecule has 0 saturated heterocycles. The molecular weight excluding hydrogens is 276 g/mol. The third kappa shape index (κ3) is 3.13. The van der Waals surface area contributed by atoms with Gasteiger partial charge in [0.05, 0.1) is 14.2 Å². The van der Waals surface area contributed by atoms with Crippen LogP contribution in [0, 0.1) is 11.6 Å². The van der Waals surface area contributed by atoms with E-state index in [1.807, 2.05) is 0 Å². The lowest BCUT2D eigenvalue weighted by Crippen LogP contribution is -2.05. The molecule has 0 saturated carbocycles. The van der Waals surface area contributed by atoms with Crippen molar-refractivity contribution in [3.63, 3.8) is 0 Å². The molecule has 112 valence electrons. The van der Waals surface area contributed by atoms with Crippen LogP contribution in [0.5, 0.6) is 11.5 Å². The van der Waals surface area contributed by atoms with Crippen molar-refractivity contribution in [1.82, 2.24) is 0 Å². The van der Waals surface area contributed by atoms with Gasteiger partial charge in [-0.05, 0) is 48.4 Å². The third-order valence-corrected chi connectivity index (χ3v) is 3.21. The molecule has 2 N–H and O–H groups in total. The first kappa shape index (κ1) is 15.3. The summed E-state index contributed by atoms with van der Waals surface area (Å²) < 4.78 is 37.6. The number of rotatable bonds is 5. The number of hydrogen-bond donors (Lipinski definition) is 1. The number of ether oxygens (including phenoxy) is 2. The standard InChI is InChI=1S/C16H17F2NO2/c1-20-15-8-11(7-10(5-6-19)16(15)21-2)13-4-3-12(17)9-14(13)18/h3-4,7-9H,5-6,19H2,1-2H3. The maximum atomic E-state index is 13.9. The number of nitrogens with two attached hydrogens (primary N) is 1. The fourth-order valence-electron chi connectivity index (χ4n) is 2.26. The minimum absolute atomic E-state index is 0.302. The third-order valence-electron chi connectivity index (χ3n) is 3.21. The van der Waals surface area contributed by atoms with Crippen LogP contribution >= 0.6 is 0 Å². The van der Waals surface area contributed by atoms with Crippen molar-refractivity contribution in [2.75, 3.05) is 20.8 Å². The van der Waals surface area contributed by atoms with E-state index >= 15 is 0 Å². The predicted molar refractivity (Wildman–Crippen MR) is 77.7 cm³/mol. The Morgan fingerprint density at radius 1 is 1.05 bits per heavy atom. The summed E-state index contributed by atoms with van der Waals surface area (Å²) in [5.41, 5.74) is 7.30. The van der Waals surface area contributed by atoms with E-state index in [2.05, 4.69) is 0 Å². The minimum atomic E-state index is -0.624. The van der Waals surface area contributed by atoms with Gasteiger partial charge < -0.3 is 15.2 Å². The first-order chi connectivity index (χ1) is 10.1. The molecule has 0 aromatic heterocycles. The second-order valence-electron chi connectivity index (χ2n) is 4.53. The van der Waals surface area contributed by atoms with Crippen LogP contribution in [-0.2, 0) is 6.42 Å². The van der Waals surface area contributed by atoms with Crippen LogP contribution < -0.4 is 15.2 Å². The van der Waals surface area contributed by atoms with Crippen LogP contribution in [0.15, 0.2) is 30.3 Å². The molecule has 0 heterocycles. The molecule has 0 aliphatic heterocycles. The lowest BCUT2D eigenvalue weighted by atomic mass is 9.99. The Kier molecular flexibility index (Phi) is 4.75. The van der Waals surface area contributed by atoms with E-state index in [1.54, 1.807) is 12.1 Å². The Labute approximate surface area is 122 Å². The summed E-state index contributed by atoms with van der Waals surface area (Å²) in [4.78, 5) is 0. The van der Waals surface area contributed by atoms with Gasteiger partial charge in [0.1, 0.15) is 11.6 Å². The fourth-order valence-corrected chi connectivity index (χ4v) is 2.26. The van der Waals surface area contributed by atoms with Crippen molar-refractivity contribution in [3.05, 3.63) is 47.5 Å². The van der Waals surface area contributed by atoms with Gasteiger partial charge >= 0.3 is 0 Å². The zero-order valence-corrected chi connectivity index (χ0v) is 12.0. The van der Waals surface area contributed by atoms with Gasteiger partial charge in [-0.3, -0.25) is 0 Å². The molecule has 0 fully saturated rings. The molecule has 2 aromatic rings. The summed E-state index contributed by atoms with van der Waals surface area (Å²) in [6.07, 6.45) is 0.566. The minimum Gasteiger partial charge on any atom is -0.493 e. The highest BCUT2D eigenvalue weighted by molar-refractivity contribution is 5.69. The quantitative estimate of drug-likeness (QED) is 0.921. The van der Waals surface area contributed by atoms with Crippen molar-refractivity contribution in [1.29, 1.82) is 0 Å². The Balaban J connectivity index is 2.60. The van der Waals surface area contributed by atoms with E-state index < -0.39 is 11.6 Å².